The van der Waals surface area contributed by atoms with Crippen LogP contribution >= 0.6 is 0 Å². The highest BCUT2D eigenvalue weighted by atomic mass is 16.4. The highest BCUT2D eigenvalue weighted by Crippen LogP contribution is 2.31. The van der Waals surface area contributed by atoms with Crippen molar-refractivity contribution in [3.8, 4) is 22.9 Å². The van der Waals surface area contributed by atoms with Gasteiger partial charge in [0.25, 0.3) is 5.89 Å². The molecule has 1 fully saturated rings. The number of rotatable bonds is 4. The molecule has 1 aliphatic heterocycles. The van der Waals surface area contributed by atoms with E-state index in [1.54, 1.807) is 6.20 Å². The lowest BCUT2D eigenvalue weighted by Crippen LogP contribution is -2.47. The summed E-state index contributed by atoms with van der Waals surface area (Å²) < 4.78 is 6.01. The fourth-order valence-corrected chi connectivity index (χ4v) is 3.65. The Balaban J connectivity index is 1.37. The minimum absolute atomic E-state index is 0.487. The largest absolute Gasteiger partial charge is 0.416 e. The van der Waals surface area contributed by atoms with Gasteiger partial charge in [-0.1, -0.05) is 23.8 Å². The Labute approximate surface area is 175 Å². The van der Waals surface area contributed by atoms with Crippen molar-refractivity contribution < 1.29 is 4.42 Å². The average Bonchev–Trinajstić information content (AvgIpc) is 3.30. The van der Waals surface area contributed by atoms with Gasteiger partial charge < -0.3 is 14.2 Å². The molecule has 1 aromatic carbocycles. The fourth-order valence-electron chi connectivity index (χ4n) is 3.65. The van der Waals surface area contributed by atoms with Crippen LogP contribution in [0.15, 0.2) is 71.4 Å². The van der Waals surface area contributed by atoms with Gasteiger partial charge in [0.15, 0.2) is 0 Å². The predicted molar refractivity (Wildman–Crippen MR) is 116 cm³/mol. The number of piperazine rings is 1. The van der Waals surface area contributed by atoms with Crippen LogP contribution in [0.3, 0.4) is 0 Å². The minimum Gasteiger partial charge on any atom is -0.416 e. The highest BCUT2D eigenvalue weighted by Gasteiger charge is 2.23. The predicted octanol–water partition coefficient (Wildman–Crippen LogP) is 3.83. The number of hydrogen-bond donors (Lipinski definition) is 0. The van der Waals surface area contributed by atoms with Gasteiger partial charge in [-0.15, -0.1) is 10.2 Å². The Morgan fingerprint density at radius 3 is 2.23 bits per heavy atom. The third kappa shape index (κ3) is 3.61. The molecule has 7 nitrogen and oxygen atoms in total. The summed E-state index contributed by atoms with van der Waals surface area (Å²) in [5, 5.41) is 8.55. The number of hydrogen-bond acceptors (Lipinski definition) is 7. The molecular weight excluding hydrogens is 376 g/mol. The van der Waals surface area contributed by atoms with E-state index in [0.717, 1.165) is 48.9 Å². The summed E-state index contributed by atoms with van der Waals surface area (Å²) in [6.45, 7) is 5.51. The summed E-state index contributed by atoms with van der Waals surface area (Å²) >= 11 is 0. The molecule has 30 heavy (non-hydrogen) atoms. The van der Waals surface area contributed by atoms with Crippen LogP contribution in [0, 0.1) is 6.92 Å². The van der Waals surface area contributed by atoms with E-state index in [1.807, 2.05) is 60.8 Å². The molecule has 1 aliphatic rings. The quantitative estimate of drug-likeness (QED) is 0.517. The number of aryl methyl sites for hydroxylation is 1. The summed E-state index contributed by atoms with van der Waals surface area (Å²) in [5.74, 6) is 2.89. The third-order valence-corrected chi connectivity index (χ3v) is 5.29. The molecule has 0 unspecified atom stereocenters. The molecule has 150 valence electrons. The molecule has 0 bridgehead atoms. The Morgan fingerprint density at radius 2 is 1.47 bits per heavy atom. The molecule has 0 amide bonds. The summed E-state index contributed by atoms with van der Waals surface area (Å²) in [5.41, 5.74) is 2.96. The molecule has 5 rings (SSSR count). The van der Waals surface area contributed by atoms with Crippen LogP contribution < -0.4 is 9.80 Å². The van der Waals surface area contributed by atoms with Gasteiger partial charge >= 0.3 is 0 Å². The molecular formula is C23H22N6O. The summed E-state index contributed by atoms with van der Waals surface area (Å²) in [6.07, 6.45) is 3.64. The topological polar surface area (TPSA) is 71.2 Å². The normalized spacial score (nSPS) is 14.2. The van der Waals surface area contributed by atoms with Gasteiger partial charge in [0.1, 0.15) is 11.6 Å². The maximum Gasteiger partial charge on any atom is 0.251 e. The van der Waals surface area contributed by atoms with E-state index in [9.17, 15) is 0 Å². The van der Waals surface area contributed by atoms with E-state index >= 15 is 0 Å². The van der Waals surface area contributed by atoms with Gasteiger partial charge in [-0.05, 0) is 43.3 Å². The SMILES string of the molecule is Cc1ccc(-c2nnc(-c3cccnc3N3CCN(c4ccccn4)CC3)o2)cc1. The number of pyridine rings is 2. The van der Waals surface area contributed by atoms with Crippen LogP contribution in [-0.2, 0) is 0 Å². The van der Waals surface area contributed by atoms with Crippen molar-refractivity contribution in [3.05, 3.63) is 72.6 Å². The Bertz CT molecular complexity index is 1120. The first-order valence-corrected chi connectivity index (χ1v) is 10.0. The first-order valence-electron chi connectivity index (χ1n) is 10.0. The Morgan fingerprint density at radius 1 is 0.733 bits per heavy atom. The van der Waals surface area contributed by atoms with Gasteiger partial charge in [0.2, 0.25) is 5.89 Å². The van der Waals surface area contributed by atoms with Gasteiger partial charge in [-0.25, -0.2) is 9.97 Å². The lowest BCUT2D eigenvalue weighted by Gasteiger charge is -2.36. The summed E-state index contributed by atoms with van der Waals surface area (Å²) in [6, 6.07) is 18.0. The molecule has 0 spiro atoms. The lowest BCUT2D eigenvalue weighted by atomic mass is 10.1. The molecule has 0 aliphatic carbocycles. The summed E-state index contributed by atoms with van der Waals surface area (Å²) in [7, 11) is 0. The van der Waals surface area contributed by atoms with E-state index in [4.69, 9.17) is 4.42 Å². The van der Waals surface area contributed by atoms with Crippen molar-refractivity contribution in [1.82, 2.24) is 20.2 Å². The van der Waals surface area contributed by atoms with Gasteiger partial charge in [-0.2, -0.15) is 0 Å². The van der Waals surface area contributed by atoms with Gasteiger partial charge in [0.05, 0.1) is 5.56 Å². The Hall–Kier alpha value is -3.74. The number of benzene rings is 1. The fraction of sp³-hybridized carbons (Fsp3) is 0.217. The van der Waals surface area contributed by atoms with Crippen molar-refractivity contribution >= 4 is 11.6 Å². The van der Waals surface area contributed by atoms with E-state index in [-0.39, 0.29) is 0 Å². The molecule has 0 saturated carbocycles. The zero-order valence-electron chi connectivity index (χ0n) is 16.8. The molecule has 3 aromatic heterocycles. The van der Waals surface area contributed by atoms with E-state index in [0.29, 0.717) is 11.8 Å². The summed E-state index contributed by atoms with van der Waals surface area (Å²) in [4.78, 5) is 13.7. The van der Waals surface area contributed by atoms with Crippen LogP contribution in [0.5, 0.6) is 0 Å². The third-order valence-electron chi connectivity index (χ3n) is 5.29. The lowest BCUT2D eigenvalue weighted by molar-refractivity contribution is 0.582. The molecule has 7 heteroatoms. The molecule has 4 heterocycles. The monoisotopic (exact) mass is 398 g/mol. The highest BCUT2D eigenvalue weighted by molar-refractivity contribution is 5.71. The van der Waals surface area contributed by atoms with Crippen LogP contribution in [0.4, 0.5) is 11.6 Å². The van der Waals surface area contributed by atoms with Gasteiger partial charge in [-0.3, -0.25) is 0 Å². The van der Waals surface area contributed by atoms with Gasteiger partial charge in [0, 0.05) is 44.1 Å². The van der Waals surface area contributed by atoms with Crippen molar-refractivity contribution in [2.45, 2.75) is 6.92 Å². The standard InChI is InChI=1S/C23H22N6O/c1-17-7-9-18(10-8-17)22-26-27-23(30-22)19-5-4-12-25-21(19)29-15-13-28(14-16-29)20-6-2-3-11-24-20/h2-12H,13-16H2,1H3. The maximum absolute atomic E-state index is 6.01. The number of anilines is 2. The second-order valence-corrected chi connectivity index (χ2v) is 7.31. The van der Waals surface area contributed by atoms with E-state index < -0.39 is 0 Å². The zero-order valence-corrected chi connectivity index (χ0v) is 16.8. The minimum atomic E-state index is 0.487. The molecule has 1 saturated heterocycles. The average molecular weight is 398 g/mol. The van der Waals surface area contributed by atoms with E-state index in [1.165, 1.54) is 5.56 Å². The second kappa shape index (κ2) is 7.94. The molecule has 0 N–H and O–H groups in total. The molecule has 4 aromatic rings. The first-order chi connectivity index (χ1) is 14.8. The van der Waals surface area contributed by atoms with Crippen molar-refractivity contribution in [2.24, 2.45) is 0 Å². The van der Waals surface area contributed by atoms with Crippen LogP contribution in [0.25, 0.3) is 22.9 Å². The van der Waals surface area contributed by atoms with Crippen LogP contribution in [0.1, 0.15) is 5.56 Å². The number of aromatic nitrogens is 4. The smallest absolute Gasteiger partial charge is 0.251 e. The van der Waals surface area contributed by atoms with Crippen LogP contribution in [-0.4, -0.2) is 46.3 Å². The number of nitrogens with zero attached hydrogens (tertiary/aromatic N) is 6. The van der Waals surface area contributed by atoms with Crippen molar-refractivity contribution in [1.29, 1.82) is 0 Å². The van der Waals surface area contributed by atoms with Crippen molar-refractivity contribution in [3.63, 3.8) is 0 Å². The molecule has 0 atom stereocenters. The molecule has 0 radical (unpaired) electrons. The second-order valence-electron chi connectivity index (χ2n) is 7.31. The maximum atomic E-state index is 6.01. The zero-order chi connectivity index (χ0) is 20.3. The Kier molecular flexibility index (Phi) is 4.85. The van der Waals surface area contributed by atoms with Crippen LogP contribution in [0.2, 0.25) is 0 Å². The van der Waals surface area contributed by atoms with E-state index in [2.05, 4.69) is 36.9 Å². The first kappa shape index (κ1) is 18.3. The van der Waals surface area contributed by atoms with Crippen molar-refractivity contribution in [2.75, 3.05) is 36.0 Å².